The first-order valence-corrected chi connectivity index (χ1v) is 4.61. The molecule has 0 amide bonds. The second kappa shape index (κ2) is 4.29. The minimum Gasteiger partial charge on any atom is -0.481 e. The number of aliphatic carboxylic acids is 3. The normalized spacial score (nSPS) is 17.4. The van der Waals surface area contributed by atoms with E-state index in [2.05, 4.69) is 0 Å². The summed E-state index contributed by atoms with van der Waals surface area (Å²) in [4.78, 5) is 32.0. The number of carbonyl (C=O) groups is 3. The van der Waals surface area contributed by atoms with Crippen LogP contribution in [0.1, 0.15) is 19.3 Å². The van der Waals surface area contributed by atoms with Gasteiger partial charge in [0.05, 0.1) is 0 Å². The van der Waals surface area contributed by atoms with Gasteiger partial charge in [-0.05, 0) is 24.7 Å². The highest BCUT2D eigenvalue weighted by Gasteiger charge is 2.44. The fraction of sp³-hybridized carbons (Fsp3) is 0.667. The largest absolute Gasteiger partial charge is 0.481 e. The van der Waals surface area contributed by atoms with Crippen molar-refractivity contribution in [1.29, 1.82) is 0 Å². The summed E-state index contributed by atoms with van der Waals surface area (Å²) in [6.45, 7) is 0. The Bertz CT molecular complexity index is 279. The lowest BCUT2D eigenvalue weighted by Crippen LogP contribution is -2.33. The van der Waals surface area contributed by atoms with E-state index in [0.29, 0.717) is 0 Å². The van der Waals surface area contributed by atoms with E-state index in [1.165, 1.54) is 0 Å². The van der Waals surface area contributed by atoms with Gasteiger partial charge in [0.1, 0.15) is 0 Å². The summed E-state index contributed by atoms with van der Waals surface area (Å²) >= 11 is 0. The van der Waals surface area contributed by atoms with Gasteiger partial charge < -0.3 is 15.3 Å². The quantitative estimate of drug-likeness (QED) is 0.549. The molecule has 1 unspecified atom stereocenters. The first-order valence-electron chi connectivity index (χ1n) is 4.61. The van der Waals surface area contributed by atoms with Crippen LogP contribution in [0.4, 0.5) is 0 Å². The van der Waals surface area contributed by atoms with E-state index in [9.17, 15) is 14.4 Å². The molecular weight excluding hydrogens is 204 g/mol. The molecule has 0 radical (unpaired) electrons. The Kier molecular flexibility index (Phi) is 3.28. The third kappa shape index (κ3) is 2.93. The smallest absolute Gasteiger partial charge is 0.318 e. The van der Waals surface area contributed by atoms with E-state index >= 15 is 0 Å². The van der Waals surface area contributed by atoms with Gasteiger partial charge in [0, 0.05) is 6.42 Å². The minimum absolute atomic E-state index is 0.0710. The summed E-state index contributed by atoms with van der Waals surface area (Å²) in [7, 11) is 0. The van der Waals surface area contributed by atoms with Gasteiger partial charge in [-0.15, -0.1) is 0 Å². The summed E-state index contributed by atoms with van der Waals surface area (Å²) in [6, 6.07) is 0. The van der Waals surface area contributed by atoms with Crippen LogP contribution in [-0.2, 0) is 14.4 Å². The summed E-state index contributed by atoms with van der Waals surface area (Å²) in [5.41, 5.74) is 0. The van der Waals surface area contributed by atoms with Crippen molar-refractivity contribution in [3.63, 3.8) is 0 Å². The van der Waals surface area contributed by atoms with Gasteiger partial charge in [-0.3, -0.25) is 14.4 Å². The molecule has 1 rings (SSSR count). The Hall–Kier alpha value is -1.59. The molecule has 6 heteroatoms. The van der Waals surface area contributed by atoms with Crippen LogP contribution in [0.15, 0.2) is 0 Å². The van der Waals surface area contributed by atoms with Gasteiger partial charge in [0.25, 0.3) is 0 Å². The Balaban J connectivity index is 2.79. The van der Waals surface area contributed by atoms with Crippen molar-refractivity contribution in [2.45, 2.75) is 19.3 Å². The molecule has 0 aliphatic heterocycles. The van der Waals surface area contributed by atoms with Crippen LogP contribution in [0.2, 0.25) is 0 Å². The standard InChI is InChI=1S/C9H12O6/c10-6(11)3-5(4-1-2-4)7(8(12)13)9(14)15/h4-5,7H,1-3H2,(H,10,11)(H,12,13)(H,14,15). The third-order valence-electron chi connectivity index (χ3n) is 2.60. The average Bonchev–Trinajstić information content (AvgIpc) is 2.81. The number of carboxylic acids is 3. The highest BCUT2D eigenvalue weighted by atomic mass is 16.4. The molecule has 0 spiro atoms. The van der Waals surface area contributed by atoms with Gasteiger partial charge in [-0.1, -0.05) is 0 Å². The predicted octanol–water partition coefficient (Wildman–Crippen LogP) is 0.273. The Morgan fingerprint density at radius 3 is 1.80 bits per heavy atom. The van der Waals surface area contributed by atoms with E-state index in [1.54, 1.807) is 0 Å². The summed E-state index contributed by atoms with van der Waals surface area (Å²) in [5.74, 6) is -6.54. The molecule has 0 aromatic carbocycles. The molecule has 15 heavy (non-hydrogen) atoms. The van der Waals surface area contributed by atoms with E-state index in [1.807, 2.05) is 0 Å². The van der Waals surface area contributed by atoms with Gasteiger partial charge in [0.2, 0.25) is 0 Å². The van der Waals surface area contributed by atoms with Gasteiger partial charge in [-0.2, -0.15) is 0 Å². The molecule has 0 aromatic heterocycles. The molecule has 1 aliphatic carbocycles. The van der Waals surface area contributed by atoms with Crippen molar-refractivity contribution in [3.8, 4) is 0 Å². The summed E-state index contributed by atoms with van der Waals surface area (Å²) in [6.07, 6.45) is 1.04. The zero-order chi connectivity index (χ0) is 11.6. The summed E-state index contributed by atoms with van der Waals surface area (Å²) in [5, 5.41) is 26.0. The van der Waals surface area contributed by atoms with Crippen molar-refractivity contribution in [3.05, 3.63) is 0 Å². The number of carboxylic acid groups (broad SMARTS) is 3. The number of rotatable bonds is 6. The second-order valence-electron chi connectivity index (χ2n) is 3.75. The van der Waals surface area contributed by atoms with E-state index in [4.69, 9.17) is 15.3 Å². The maximum atomic E-state index is 10.7. The molecule has 1 saturated carbocycles. The zero-order valence-corrected chi connectivity index (χ0v) is 7.92. The highest BCUT2D eigenvalue weighted by Crippen LogP contribution is 2.42. The van der Waals surface area contributed by atoms with Crippen LogP contribution in [0.5, 0.6) is 0 Å². The molecule has 84 valence electrons. The third-order valence-corrected chi connectivity index (χ3v) is 2.60. The van der Waals surface area contributed by atoms with Crippen molar-refractivity contribution in [2.75, 3.05) is 0 Å². The van der Waals surface area contributed by atoms with Crippen molar-refractivity contribution in [1.82, 2.24) is 0 Å². The molecule has 1 atom stereocenters. The molecule has 1 aliphatic rings. The molecule has 0 heterocycles. The lowest BCUT2D eigenvalue weighted by molar-refractivity contribution is -0.158. The second-order valence-corrected chi connectivity index (χ2v) is 3.75. The molecule has 0 aromatic rings. The maximum absolute atomic E-state index is 10.7. The van der Waals surface area contributed by atoms with Crippen LogP contribution in [0.25, 0.3) is 0 Å². The zero-order valence-electron chi connectivity index (χ0n) is 7.92. The SMILES string of the molecule is O=C(O)CC(C1CC1)C(C(=O)O)C(=O)O. The Morgan fingerprint density at radius 2 is 1.53 bits per heavy atom. The van der Waals surface area contributed by atoms with Crippen LogP contribution >= 0.6 is 0 Å². The van der Waals surface area contributed by atoms with E-state index in [-0.39, 0.29) is 5.92 Å². The monoisotopic (exact) mass is 216 g/mol. The molecule has 0 saturated heterocycles. The summed E-state index contributed by atoms with van der Waals surface area (Å²) < 4.78 is 0. The fourth-order valence-electron chi connectivity index (χ4n) is 1.75. The predicted molar refractivity (Wildman–Crippen MR) is 47.2 cm³/mol. The van der Waals surface area contributed by atoms with E-state index < -0.39 is 36.2 Å². The lowest BCUT2D eigenvalue weighted by Gasteiger charge is -2.18. The van der Waals surface area contributed by atoms with Gasteiger partial charge in [0.15, 0.2) is 5.92 Å². The number of hydrogen-bond acceptors (Lipinski definition) is 3. The van der Waals surface area contributed by atoms with Crippen LogP contribution < -0.4 is 0 Å². The van der Waals surface area contributed by atoms with Crippen molar-refractivity contribution < 1.29 is 29.7 Å². The van der Waals surface area contributed by atoms with Crippen LogP contribution in [0, 0.1) is 17.8 Å². The van der Waals surface area contributed by atoms with Crippen molar-refractivity contribution >= 4 is 17.9 Å². The van der Waals surface area contributed by atoms with Gasteiger partial charge >= 0.3 is 17.9 Å². The fourth-order valence-corrected chi connectivity index (χ4v) is 1.75. The Labute approximate surface area is 85.5 Å². The van der Waals surface area contributed by atoms with Crippen LogP contribution in [-0.4, -0.2) is 33.2 Å². The molecule has 0 bridgehead atoms. The van der Waals surface area contributed by atoms with Crippen LogP contribution in [0.3, 0.4) is 0 Å². The first kappa shape index (κ1) is 11.5. The topological polar surface area (TPSA) is 112 Å². The minimum atomic E-state index is -1.60. The van der Waals surface area contributed by atoms with Crippen molar-refractivity contribution in [2.24, 2.45) is 17.8 Å². The molecule has 3 N–H and O–H groups in total. The Morgan fingerprint density at radius 1 is 1.07 bits per heavy atom. The maximum Gasteiger partial charge on any atom is 0.318 e. The average molecular weight is 216 g/mol. The molecular formula is C9H12O6. The number of hydrogen-bond donors (Lipinski definition) is 3. The van der Waals surface area contributed by atoms with E-state index in [0.717, 1.165) is 12.8 Å². The molecule has 1 fully saturated rings. The lowest BCUT2D eigenvalue weighted by atomic mass is 9.85. The highest BCUT2D eigenvalue weighted by molar-refractivity contribution is 5.93. The van der Waals surface area contributed by atoms with Gasteiger partial charge in [-0.25, -0.2) is 0 Å². The first-order chi connectivity index (χ1) is 6.93. The molecule has 6 nitrogen and oxygen atoms in total.